The summed E-state index contributed by atoms with van der Waals surface area (Å²) in [6.45, 7) is 21.1. The quantitative estimate of drug-likeness (QED) is 0.273. The molecule has 2 rings (SSSR count). The Hall–Kier alpha value is -3.06. The topological polar surface area (TPSA) is 87.7 Å². The summed E-state index contributed by atoms with van der Waals surface area (Å²) in [6.07, 6.45) is 0.867. The zero-order chi connectivity index (χ0) is 31.9. The van der Waals surface area contributed by atoms with Crippen LogP contribution in [0, 0.1) is 32.6 Å². The smallest absolute Gasteiger partial charge is 0.408 e. The first-order valence-corrected chi connectivity index (χ1v) is 15.3. The molecule has 3 atom stereocenters. The van der Waals surface area contributed by atoms with Crippen molar-refractivity contribution >= 4 is 35.2 Å². The Kier molecular flexibility index (Phi) is 12.5. The number of para-hydroxylation sites is 1. The van der Waals surface area contributed by atoms with Crippen molar-refractivity contribution in [3.05, 3.63) is 63.7 Å². The number of carbonyl (C=O) groups excluding carboxylic acids is 3. The number of aryl methyl sites for hydroxylation is 3. The van der Waals surface area contributed by atoms with Crippen molar-refractivity contribution in [2.24, 2.45) is 11.8 Å². The lowest BCUT2D eigenvalue weighted by atomic mass is 9.90. The van der Waals surface area contributed by atoms with Crippen LogP contribution in [0.5, 0.6) is 0 Å². The average Bonchev–Trinajstić information content (AvgIpc) is 2.85. The van der Waals surface area contributed by atoms with Gasteiger partial charge in [0.15, 0.2) is 0 Å². The Morgan fingerprint density at radius 1 is 0.881 bits per heavy atom. The predicted molar refractivity (Wildman–Crippen MR) is 172 cm³/mol. The number of alkyl carbamates (subject to hydrolysis) is 1. The molecule has 2 aromatic rings. The summed E-state index contributed by atoms with van der Waals surface area (Å²) in [6, 6.07) is 9.07. The van der Waals surface area contributed by atoms with E-state index < -0.39 is 23.8 Å². The minimum Gasteiger partial charge on any atom is -0.444 e. The highest BCUT2D eigenvalue weighted by Gasteiger charge is 2.41. The van der Waals surface area contributed by atoms with Gasteiger partial charge in [-0.2, -0.15) is 0 Å². The zero-order valence-electron chi connectivity index (χ0n) is 27.2. The monoisotopic (exact) mass is 599 g/mol. The molecule has 0 aliphatic rings. The molecule has 0 aliphatic heterocycles. The molecule has 0 saturated heterocycles. The van der Waals surface area contributed by atoms with Crippen molar-refractivity contribution in [2.45, 2.75) is 113 Å². The van der Waals surface area contributed by atoms with Crippen LogP contribution in [0.25, 0.3) is 0 Å². The van der Waals surface area contributed by atoms with Gasteiger partial charge in [-0.3, -0.25) is 9.59 Å². The number of halogens is 1. The highest BCUT2D eigenvalue weighted by Crippen LogP contribution is 2.34. The molecule has 0 saturated carbocycles. The van der Waals surface area contributed by atoms with Crippen LogP contribution in [0.4, 0.5) is 10.5 Å². The molecule has 0 aromatic heterocycles. The number of benzene rings is 2. The Labute approximate surface area is 257 Å². The van der Waals surface area contributed by atoms with Crippen LogP contribution in [0.2, 0.25) is 5.02 Å². The summed E-state index contributed by atoms with van der Waals surface area (Å²) in [5.41, 5.74) is 3.13. The minimum atomic E-state index is -0.974. The molecule has 0 bridgehead atoms. The summed E-state index contributed by atoms with van der Waals surface area (Å²) in [4.78, 5) is 43.6. The van der Waals surface area contributed by atoms with Crippen molar-refractivity contribution in [1.29, 1.82) is 0 Å². The van der Waals surface area contributed by atoms with Gasteiger partial charge in [-0.25, -0.2) is 4.79 Å². The number of anilines is 1. The van der Waals surface area contributed by atoms with Crippen LogP contribution >= 0.6 is 11.6 Å². The second-order valence-electron chi connectivity index (χ2n) is 13.1. The van der Waals surface area contributed by atoms with E-state index in [1.807, 2.05) is 71.9 Å². The molecular weight excluding hydrogens is 550 g/mol. The Morgan fingerprint density at radius 3 is 1.93 bits per heavy atom. The standard InChI is InChI=1S/C34H50ClN3O4/c1-20(2)18-19-25(8)38(32(40)28(21(3)4)37-33(41)42-34(9,10)11)30(27-22(5)14-12-15-23(27)6)31(39)36-29-24(7)16-13-17-26(29)35/h12-17,20-21,25,28,30H,18-19H2,1-11H3,(H,36,39)(H,37,41). The van der Waals surface area contributed by atoms with Gasteiger partial charge in [0.25, 0.3) is 5.91 Å². The summed E-state index contributed by atoms with van der Waals surface area (Å²) >= 11 is 6.52. The van der Waals surface area contributed by atoms with Gasteiger partial charge < -0.3 is 20.3 Å². The molecule has 0 radical (unpaired) electrons. The summed E-state index contributed by atoms with van der Waals surface area (Å²) in [5, 5.41) is 6.28. The molecule has 8 heteroatoms. The van der Waals surface area contributed by atoms with E-state index in [0.717, 1.165) is 28.7 Å². The van der Waals surface area contributed by atoms with E-state index in [-0.39, 0.29) is 23.8 Å². The van der Waals surface area contributed by atoms with E-state index in [1.54, 1.807) is 31.7 Å². The Balaban J connectivity index is 2.74. The van der Waals surface area contributed by atoms with Crippen LogP contribution < -0.4 is 10.6 Å². The maximum atomic E-state index is 14.6. The van der Waals surface area contributed by atoms with Crippen LogP contribution in [0.15, 0.2) is 36.4 Å². The number of nitrogens with zero attached hydrogens (tertiary/aromatic N) is 1. The first kappa shape index (κ1) is 35.1. The summed E-state index contributed by atoms with van der Waals surface area (Å²) in [5.74, 6) is -0.570. The number of hydrogen-bond acceptors (Lipinski definition) is 4. The van der Waals surface area contributed by atoms with E-state index in [1.165, 1.54) is 0 Å². The molecule has 0 fully saturated rings. The molecule has 3 unspecified atom stereocenters. The van der Waals surface area contributed by atoms with Gasteiger partial charge in [0.1, 0.15) is 17.7 Å². The van der Waals surface area contributed by atoms with Gasteiger partial charge in [0.2, 0.25) is 5.91 Å². The second kappa shape index (κ2) is 14.9. The van der Waals surface area contributed by atoms with Crippen LogP contribution in [-0.2, 0) is 14.3 Å². The SMILES string of the molecule is Cc1cccc(Cl)c1NC(=O)C(c1c(C)cccc1C)N(C(=O)C(NC(=O)OC(C)(C)C)C(C)C)C(C)CCC(C)C. The van der Waals surface area contributed by atoms with Gasteiger partial charge in [0.05, 0.1) is 10.7 Å². The molecule has 232 valence electrons. The van der Waals surface area contributed by atoms with Gasteiger partial charge in [-0.05, 0) is 101 Å². The number of rotatable bonds is 11. The van der Waals surface area contributed by atoms with Crippen molar-refractivity contribution in [3.8, 4) is 0 Å². The fraction of sp³-hybridized carbons (Fsp3) is 0.559. The second-order valence-corrected chi connectivity index (χ2v) is 13.5. The molecule has 0 spiro atoms. The summed E-state index contributed by atoms with van der Waals surface area (Å²) < 4.78 is 5.51. The molecule has 0 aliphatic carbocycles. The molecule has 42 heavy (non-hydrogen) atoms. The first-order chi connectivity index (χ1) is 19.4. The molecule has 2 aromatic carbocycles. The normalized spacial score (nSPS) is 13.9. The van der Waals surface area contributed by atoms with E-state index in [0.29, 0.717) is 23.0 Å². The fourth-order valence-corrected chi connectivity index (χ4v) is 5.33. The van der Waals surface area contributed by atoms with Gasteiger partial charge >= 0.3 is 6.09 Å². The number of carbonyl (C=O) groups is 3. The largest absolute Gasteiger partial charge is 0.444 e. The average molecular weight is 600 g/mol. The van der Waals surface area contributed by atoms with Crippen molar-refractivity contribution in [1.82, 2.24) is 10.2 Å². The van der Waals surface area contributed by atoms with Crippen LogP contribution in [0.1, 0.15) is 96.5 Å². The third-order valence-corrected chi connectivity index (χ3v) is 7.62. The van der Waals surface area contributed by atoms with Gasteiger partial charge in [-0.1, -0.05) is 69.6 Å². The van der Waals surface area contributed by atoms with Crippen molar-refractivity contribution in [2.75, 3.05) is 5.32 Å². The Morgan fingerprint density at radius 2 is 1.43 bits per heavy atom. The molecule has 7 nitrogen and oxygen atoms in total. The van der Waals surface area contributed by atoms with Crippen molar-refractivity contribution in [3.63, 3.8) is 0 Å². The number of hydrogen-bond donors (Lipinski definition) is 2. The van der Waals surface area contributed by atoms with E-state index in [9.17, 15) is 14.4 Å². The van der Waals surface area contributed by atoms with Gasteiger partial charge in [-0.15, -0.1) is 0 Å². The maximum absolute atomic E-state index is 14.6. The van der Waals surface area contributed by atoms with Crippen LogP contribution in [-0.4, -0.2) is 40.5 Å². The minimum absolute atomic E-state index is 0.266. The van der Waals surface area contributed by atoms with E-state index in [4.69, 9.17) is 16.3 Å². The lowest BCUT2D eigenvalue weighted by molar-refractivity contribution is -0.144. The maximum Gasteiger partial charge on any atom is 0.408 e. The van der Waals surface area contributed by atoms with E-state index in [2.05, 4.69) is 24.5 Å². The first-order valence-electron chi connectivity index (χ1n) is 14.9. The fourth-order valence-electron chi connectivity index (χ4n) is 5.06. The summed E-state index contributed by atoms with van der Waals surface area (Å²) in [7, 11) is 0. The zero-order valence-corrected chi connectivity index (χ0v) is 28.0. The molecule has 2 N–H and O–H groups in total. The van der Waals surface area contributed by atoms with Gasteiger partial charge in [0, 0.05) is 6.04 Å². The third kappa shape index (κ3) is 9.48. The number of nitrogens with one attached hydrogen (secondary N) is 2. The lowest BCUT2D eigenvalue weighted by Gasteiger charge is -2.40. The van der Waals surface area contributed by atoms with E-state index >= 15 is 0 Å². The molecule has 3 amide bonds. The molecule has 0 heterocycles. The third-order valence-electron chi connectivity index (χ3n) is 7.31. The van der Waals surface area contributed by atoms with Crippen molar-refractivity contribution < 1.29 is 19.1 Å². The Bertz CT molecular complexity index is 1210. The molecular formula is C34H50ClN3O4. The number of ether oxygens (including phenoxy) is 1. The predicted octanol–water partition coefficient (Wildman–Crippen LogP) is 8.15. The lowest BCUT2D eigenvalue weighted by Crippen LogP contribution is -2.56. The highest BCUT2D eigenvalue weighted by atomic mass is 35.5. The number of amides is 3. The highest BCUT2D eigenvalue weighted by molar-refractivity contribution is 6.34. The van der Waals surface area contributed by atoms with Crippen LogP contribution in [0.3, 0.4) is 0 Å².